The van der Waals surface area contributed by atoms with E-state index in [0.29, 0.717) is 12.6 Å². The quantitative estimate of drug-likeness (QED) is 0.661. The summed E-state index contributed by atoms with van der Waals surface area (Å²) < 4.78 is 0. The molecular formula is C14H25N3. The summed E-state index contributed by atoms with van der Waals surface area (Å²) in [7, 11) is 0. The van der Waals surface area contributed by atoms with Gasteiger partial charge < -0.3 is 4.90 Å². The summed E-state index contributed by atoms with van der Waals surface area (Å²) in [4.78, 5) is 4.99. The molecule has 0 aromatic heterocycles. The summed E-state index contributed by atoms with van der Waals surface area (Å²) in [6.07, 6.45) is 9.33. The van der Waals surface area contributed by atoms with Crippen LogP contribution in [-0.2, 0) is 0 Å². The summed E-state index contributed by atoms with van der Waals surface area (Å²) in [6, 6.07) is 3.04. The van der Waals surface area contributed by atoms with Gasteiger partial charge in [-0.05, 0) is 51.7 Å². The standard InChI is InChI=1S/C14H25N3/c15-8-13-17(14-6-1-2-7-14)12-5-11-16-9-3-4-10-16/h14H,1-7,9-13H2. The van der Waals surface area contributed by atoms with Gasteiger partial charge in [-0.2, -0.15) is 5.26 Å². The molecule has 3 heteroatoms. The molecule has 2 rings (SSSR count). The fourth-order valence-corrected chi connectivity index (χ4v) is 3.25. The normalized spacial score (nSPS) is 22.4. The van der Waals surface area contributed by atoms with Crippen LogP contribution in [0, 0.1) is 11.3 Å². The Bertz CT molecular complexity index is 247. The summed E-state index contributed by atoms with van der Waals surface area (Å²) >= 11 is 0. The highest BCUT2D eigenvalue weighted by atomic mass is 15.2. The lowest BCUT2D eigenvalue weighted by Gasteiger charge is -2.27. The second-order valence-corrected chi connectivity index (χ2v) is 5.47. The molecule has 0 aromatic carbocycles. The molecule has 0 aromatic rings. The van der Waals surface area contributed by atoms with Crippen LogP contribution in [-0.4, -0.2) is 48.6 Å². The van der Waals surface area contributed by atoms with Crippen molar-refractivity contribution in [1.29, 1.82) is 5.26 Å². The third-order valence-corrected chi connectivity index (χ3v) is 4.23. The molecule has 96 valence electrons. The lowest BCUT2D eigenvalue weighted by Crippen LogP contribution is -2.36. The first-order valence-corrected chi connectivity index (χ1v) is 7.23. The molecule has 0 amide bonds. The van der Waals surface area contributed by atoms with Gasteiger partial charge in [-0.15, -0.1) is 0 Å². The maximum Gasteiger partial charge on any atom is 0.0868 e. The fourth-order valence-electron chi connectivity index (χ4n) is 3.25. The van der Waals surface area contributed by atoms with E-state index in [4.69, 9.17) is 5.26 Å². The van der Waals surface area contributed by atoms with Crippen LogP contribution < -0.4 is 0 Å². The van der Waals surface area contributed by atoms with Crippen LogP contribution >= 0.6 is 0 Å². The Hall–Kier alpha value is -0.590. The number of likely N-dealkylation sites (tertiary alicyclic amines) is 1. The summed E-state index contributed by atoms with van der Waals surface area (Å²) in [6.45, 7) is 5.57. The summed E-state index contributed by atoms with van der Waals surface area (Å²) in [5, 5.41) is 8.91. The van der Waals surface area contributed by atoms with Gasteiger partial charge in [0.25, 0.3) is 0 Å². The predicted molar refractivity (Wildman–Crippen MR) is 69.7 cm³/mol. The number of nitriles is 1. The van der Waals surface area contributed by atoms with Gasteiger partial charge >= 0.3 is 0 Å². The first kappa shape index (κ1) is 12.9. The average Bonchev–Trinajstić information content (AvgIpc) is 3.01. The average molecular weight is 235 g/mol. The molecule has 1 heterocycles. The molecule has 0 atom stereocenters. The van der Waals surface area contributed by atoms with Crippen LogP contribution in [0.4, 0.5) is 0 Å². The molecule has 0 spiro atoms. The topological polar surface area (TPSA) is 30.3 Å². The van der Waals surface area contributed by atoms with E-state index in [0.717, 1.165) is 6.54 Å². The first-order valence-electron chi connectivity index (χ1n) is 7.23. The zero-order valence-corrected chi connectivity index (χ0v) is 10.9. The minimum absolute atomic E-state index is 0.630. The largest absolute Gasteiger partial charge is 0.303 e. The predicted octanol–water partition coefficient (Wildman–Crippen LogP) is 2.24. The Balaban J connectivity index is 1.67. The van der Waals surface area contributed by atoms with E-state index in [1.165, 1.54) is 64.6 Å². The molecule has 1 saturated heterocycles. The Morgan fingerprint density at radius 2 is 1.82 bits per heavy atom. The van der Waals surface area contributed by atoms with E-state index in [9.17, 15) is 0 Å². The molecule has 0 bridgehead atoms. The van der Waals surface area contributed by atoms with Crippen LogP contribution in [0.5, 0.6) is 0 Å². The van der Waals surface area contributed by atoms with Crippen LogP contribution in [0.15, 0.2) is 0 Å². The van der Waals surface area contributed by atoms with E-state index < -0.39 is 0 Å². The lowest BCUT2D eigenvalue weighted by atomic mass is 10.2. The highest BCUT2D eigenvalue weighted by Gasteiger charge is 2.22. The molecule has 2 aliphatic rings. The third kappa shape index (κ3) is 3.97. The van der Waals surface area contributed by atoms with Crippen molar-refractivity contribution in [3.05, 3.63) is 0 Å². The molecule has 1 saturated carbocycles. The van der Waals surface area contributed by atoms with Crippen molar-refractivity contribution < 1.29 is 0 Å². The maximum atomic E-state index is 8.91. The van der Waals surface area contributed by atoms with Gasteiger partial charge in [-0.1, -0.05) is 12.8 Å². The van der Waals surface area contributed by atoms with E-state index >= 15 is 0 Å². The summed E-state index contributed by atoms with van der Waals surface area (Å²) in [5.74, 6) is 0. The zero-order chi connectivity index (χ0) is 11.9. The second kappa shape index (κ2) is 6.98. The smallest absolute Gasteiger partial charge is 0.0868 e. The van der Waals surface area contributed by atoms with Crippen molar-refractivity contribution in [3.63, 3.8) is 0 Å². The monoisotopic (exact) mass is 235 g/mol. The number of hydrogen-bond donors (Lipinski definition) is 0. The van der Waals surface area contributed by atoms with Crippen molar-refractivity contribution in [2.75, 3.05) is 32.7 Å². The Morgan fingerprint density at radius 3 is 2.47 bits per heavy atom. The maximum absolute atomic E-state index is 8.91. The van der Waals surface area contributed by atoms with Crippen molar-refractivity contribution in [3.8, 4) is 6.07 Å². The third-order valence-electron chi connectivity index (χ3n) is 4.23. The first-order chi connectivity index (χ1) is 8.40. The molecule has 3 nitrogen and oxygen atoms in total. The van der Waals surface area contributed by atoms with Crippen LogP contribution in [0.3, 0.4) is 0 Å². The molecule has 0 radical (unpaired) electrons. The van der Waals surface area contributed by atoms with Gasteiger partial charge in [0, 0.05) is 12.6 Å². The van der Waals surface area contributed by atoms with Crippen molar-refractivity contribution in [2.45, 2.75) is 51.0 Å². The zero-order valence-electron chi connectivity index (χ0n) is 10.9. The second-order valence-electron chi connectivity index (χ2n) is 5.47. The van der Waals surface area contributed by atoms with Gasteiger partial charge in [-0.3, -0.25) is 4.90 Å². The Kier molecular flexibility index (Phi) is 5.28. The lowest BCUT2D eigenvalue weighted by molar-refractivity contribution is 0.206. The minimum Gasteiger partial charge on any atom is -0.303 e. The van der Waals surface area contributed by atoms with Gasteiger partial charge in [-0.25, -0.2) is 0 Å². The van der Waals surface area contributed by atoms with E-state index in [2.05, 4.69) is 15.9 Å². The van der Waals surface area contributed by atoms with Gasteiger partial charge in [0.05, 0.1) is 12.6 Å². The van der Waals surface area contributed by atoms with Gasteiger partial charge in [0.15, 0.2) is 0 Å². The summed E-state index contributed by atoms with van der Waals surface area (Å²) in [5.41, 5.74) is 0. The van der Waals surface area contributed by atoms with Crippen molar-refractivity contribution in [2.24, 2.45) is 0 Å². The van der Waals surface area contributed by atoms with Crippen LogP contribution in [0.25, 0.3) is 0 Å². The van der Waals surface area contributed by atoms with Crippen molar-refractivity contribution >= 4 is 0 Å². The molecule has 2 fully saturated rings. The fraction of sp³-hybridized carbons (Fsp3) is 0.929. The highest BCUT2D eigenvalue weighted by Crippen LogP contribution is 2.23. The van der Waals surface area contributed by atoms with E-state index in [-0.39, 0.29) is 0 Å². The SMILES string of the molecule is N#CCN(CCCN1CCCC1)C1CCCC1. The molecular weight excluding hydrogens is 210 g/mol. The van der Waals surface area contributed by atoms with Crippen LogP contribution in [0.2, 0.25) is 0 Å². The van der Waals surface area contributed by atoms with Crippen LogP contribution in [0.1, 0.15) is 44.9 Å². The Labute approximate surface area is 105 Å². The number of nitrogens with zero attached hydrogens (tertiary/aromatic N) is 3. The van der Waals surface area contributed by atoms with Gasteiger partial charge in [0.2, 0.25) is 0 Å². The minimum atomic E-state index is 0.630. The molecule has 1 aliphatic carbocycles. The number of hydrogen-bond acceptors (Lipinski definition) is 3. The Morgan fingerprint density at radius 1 is 1.12 bits per heavy atom. The van der Waals surface area contributed by atoms with E-state index in [1.807, 2.05) is 0 Å². The molecule has 0 unspecified atom stereocenters. The highest BCUT2D eigenvalue weighted by molar-refractivity contribution is 4.84. The molecule has 1 aliphatic heterocycles. The van der Waals surface area contributed by atoms with E-state index in [1.54, 1.807) is 0 Å². The van der Waals surface area contributed by atoms with Crippen molar-refractivity contribution in [1.82, 2.24) is 9.80 Å². The molecule has 0 N–H and O–H groups in total. The number of rotatable bonds is 6. The van der Waals surface area contributed by atoms with Gasteiger partial charge in [0.1, 0.15) is 0 Å². The molecule has 17 heavy (non-hydrogen) atoms.